The number of carbonyl (C=O) groups excluding carboxylic acids is 1. The molecule has 0 aliphatic carbocycles. The van der Waals surface area contributed by atoms with Crippen molar-refractivity contribution in [3.05, 3.63) is 46.9 Å². The summed E-state index contributed by atoms with van der Waals surface area (Å²) >= 11 is 6.63. The molecule has 34 heavy (non-hydrogen) atoms. The second-order valence-electron chi connectivity index (χ2n) is 9.21. The van der Waals surface area contributed by atoms with Crippen LogP contribution in [0.25, 0.3) is 22.6 Å². The highest BCUT2D eigenvalue weighted by Crippen LogP contribution is 2.35. The number of aryl methyl sites for hydroxylation is 1. The molecule has 0 saturated carbocycles. The number of nitrogens with zero attached hydrogens (tertiary/aromatic N) is 6. The van der Waals surface area contributed by atoms with Gasteiger partial charge in [0.05, 0.1) is 11.6 Å². The fraction of sp³-hybridized carbons (Fsp3) is 0.440. The molecule has 8 nitrogen and oxygen atoms in total. The lowest BCUT2D eigenvalue weighted by Crippen LogP contribution is -2.45. The number of anilines is 1. The lowest BCUT2D eigenvalue weighted by atomic mass is 10.00. The maximum Gasteiger partial charge on any atom is 0.230 e. The van der Waals surface area contributed by atoms with Gasteiger partial charge in [-0.25, -0.2) is 15.0 Å². The molecule has 5 heterocycles. The van der Waals surface area contributed by atoms with Crippen molar-refractivity contribution in [2.45, 2.75) is 32.7 Å². The molecule has 1 amide bonds. The van der Waals surface area contributed by atoms with E-state index in [0.29, 0.717) is 42.8 Å². The fourth-order valence-corrected chi connectivity index (χ4v) is 5.42. The molecule has 9 heteroatoms. The summed E-state index contributed by atoms with van der Waals surface area (Å²) in [6, 6.07) is 7.83. The first kappa shape index (κ1) is 21.6. The first-order valence-corrected chi connectivity index (χ1v) is 12.3. The van der Waals surface area contributed by atoms with Crippen LogP contribution < -0.4 is 4.90 Å². The van der Waals surface area contributed by atoms with Crippen LogP contribution in [0, 0.1) is 12.8 Å². The number of fused-ring (bicyclic) bond motifs is 2. The third-order valence-corrected chi connectivity index (χ3v) is 7.32. The first-order valence-electron chi connectivity index (χ1n) is 11.9. The Hall–Kier alpha value is -2.97. The summed E-state index contributed by atoms with van der Waals surface area (Å²) in [6.45, 7) is 6.33. The Morgan fingerprint density at radius 2 is 1.94 bits per heavy atom. The molecule has 3 aromatic rings. The summed E-state index contributed by atoms with van der Waals surface area (Å²) in [4.78, 5) is 31.0. The molecule has 1 aromatic carbocycles. The highest BCUT2D eigenvalue weighted by Gasteiger charge is 2.32. The molecule has 2 aromatic heterocycles. The molecule has 2 saturated heterocycles. The van der Waals surface area contributed by atoms with Crippen molar-refractivity contribution in [1.29, 1.82) is 0 Å². The van der Waals surface area contributed by atoms with Crippen LogP contribution in [0.15, 0.2) is 36.0 Å². The maximum absolute atomic E-state index is 12.1. The van der Waals surface area contributed by atoms with Gasteiger partial charge in [-0.05, 0) is 37.8 Å². The fourth-order valence-electron chi connectivity index (χ4n) is 5.20. The van der Waals surface area contributed by atoms with Gasteiger partial charge in [0.15, 0.2) is 17.0 Å². The van der Waals surface area contributed by atoms with Crippen molar-refractivity contribution in [2.24, 2.45) is 5.92 Å². The molecule has 0 radical (unpaired) electrons. The summed E-state index contributed by atoms with van der Waals surface area (Å²) in [5.41, 5.74) is 3.56. The summed E-state index contributed by atoms with van der Waals surface area (Å²) in [7, 11) is 0. The van der Waals surface area contributed by atoms with Gasteiger partial charge in [-0.3, -0.25) is 4.79 Å². The van der Waals surface area contributed by atoms with Crippen molar-refractivity contribution < 1.29 is 9.53 Å². The Morgan fingerprint density at radius 3 is 2.76 bits per heavy atom. The molecular formula is C25H27ClN6O2. The van der Waals surface area contributed by atoms with Gasteiger partial charge in [0.25, 0.3) is 0 Å². The standard InChI is InChI=1S/C25H27ClN6O2/c1-16-27-24(30-10-11-31-18(15-30)6-7-21(31)33)22-25(28-16)32(14-17-8-12-34-13-9-17)23(29-22)19-4-2-3-5-20(19)26/h2-6,17H,7-15H2,1H3. The molecule has 0 bridgehead atoms. The number of rotatable bonds is 4. The Labute approximate surface area is 203 Å². The van der Waals surface area contributed by atoms with Gasteiger partial charge in [-0.2, -0.15) is 0 Å². The van der Waals surface area contributed by atoms with Gasteiger partial charge in [0.1, 0.15) is 11.6 Å². The highest BCUT2D eigenvalue weighted by molar-refractivity contribution is 6.33. The third kappa shape index (κ3) is 3.75. The average Bonchev–Trinajstić information content (AvgIpc) is 3.40. The zero-order chi connectivity index (χ0) is 23.2. The van der Waals surface area contributed by atoms with E-state index in [1.165, 1.54) is 0 Å². The summed E-state index contributed by atoms with van der Waals surface area (Å²) in [5, 5.41) is 0.667. The molecule has 0 atom stereocenters. The van der Waals surface area contributed by atoms with E-state index in [9.17, 15) is 4.79 Å². The number of carbonyl (C=O) groups is 1. The number of ether oxygens (including phenoxy) is 1. The van der Waals surface area contributed by atoms with Crippen LogP contribution in [-0.2, 0) is 16.1 Å². The molecule has 176 valence electrons. The van der Waals surface area contributed by atoms with E-state index in [0.717, 1.165) is 66.7 Å². The minimum atomic E-state index is 0.181. The Bertz CT molecular complexity index is 1300. The van der Waals surface area contributed by atoms with E-state index in [4.69, 9.17) is 31.3 Å². The largest absolute Gasteiger partial charge is 0.381 e. The Balaban J connectivity index is 1.48. The van der Waals surface area contributed by atoms with E-state index < -0.39 is 0 Å². The van der Waals surface area contributed by atoms with Gasteiger partial charge in [-0.1, -0.05) is 29.8 Å². The van der Waals surface area contributed by atoms with Crippen LogP contribution in [0.3, 0.4) is 0 Å². The zero-order valence-electron chi connectivity index (χ0n) is 19.2. The van der Waals surface area contributed by atoms with E-state index in [-0.39, 0.29) is 5.91 Å². The normalized spacial score (nSPS) is 19.1. The molecule has 3 aliphatic heterocycles. The van der Waals surface area contributed by atoms with E-state index in [1.807, 2.05) is 42.2 Å². The minimum Gasteiger partial charge on any atom is -0.381 e. The van der Waals surface area contributed by atoms with E-state index in [1.54, 1.807) is 0 Å². The lowest BCUT2D eigenvalue weighted by Gasteiger charge is -2.35. The topological polar surface area (TPSA) is 76.4 Å². The van der Waals surface area contributed by atoms with Gasteiger partial charge >= 0.3 is 0 Å². The maximum atomic E-state index is 12.1. The molecule has 2 fully saturated rings. The second kappa shape index (κ2) is 8.67. The monoisotopic (exact) mass is 478 g/mol. The number of piperazine rings is 1. The predicted molar refractivity (Wildman–Crippen MR) is 131 cm³/mol. The van der Waals surface area contributed by atoms with Gasteiger partial charge in [-0.15, -0.1) is 0 Å². The van der Waals surface area contributed by atoms with E-state index >= 15 is 0 Å². The number of hydrogen-bond donors (Lipinski definition) is 0. The zero-order valence-corrected chi connectivity index (χ0v) is 20.0. The number of hydrogen-bond acceptors (Lipinski definition) is 6. The summed E-state index contributed by atoms with van der Waals surface area (Å²) in [5.74, 6) is 3.02. The smallest absolute Gasteiger partial charge is 0.230 e. The van der Waals surface area contributed by atoms with Crippen molar-refractivity contribution in [3.63, 3.8) is 0 Å². The highest BCUT2D eigenvalue weighted by atomic mass is 35.5. The van der Waals surface area contributed by atoms with Crippen LogP contribution in [0.4, 0.5) is 5.82 Å². The average molecular weight is 479 g/mol. The minimum absolute atomic E-state index is 0.181. The quantitative estimate of drug-likeness (QED) is 0.567. The molecule has 0 spiro atoms. The van der Waals surface area contributed by atoms with Gasteiger partial charge < -0.3 is 19.1 Å². The van der Waals surface area contributed by atoms with Gasteiger partial charge in [0, 0.05) is 50.5 Å². The van der Waals surface area contributed by atoms with Crippen LogP contribution >= 0.6 is 11.6 Å². The molecule has 0 unspecified atom stereocenters. The first-order chi connectivity index (χ1) is 16.6. The Morgan fingerprint density at radius 1 is 1.12 bits per heavy atom. The second-order valence-corrected chi connectivity index (χ2v) is 9.62. The van der Waals surface area contributed by atoms with Crippen LogP contribution in [-0.4, -0.2) is 63.2 Å². The summed E-state index contributed by atoms with van der Waals surface area (Å²) < 4.78 is 7.81. The SMILES string of the molecule is Cc1nc(N2CCN3C(=O)CC=C3C2)c2nc(-c3ccccc3Cl)n(CC3CCOCC3)c2n1. The molecular weight excluding hydrogens is 452 g/mol. The van der Waals surface area contributed by atoms with Crippen molar-refractivity contribution in [3.8, 4) is 11.4 Å². The van der Waals surface area contributed by atoms with Crippen LogP contribution in [0.2, 0.25) is 5.02 Å². The van der Waals surface area contributed by atoms with Crippen LogP contribution in [0.1, 0.15) is 25.1 Å². The third-order valence-electron chi connectivity index (χ3n) is 6.99. The number of imidazole rings is 1. The lowest BCUT2D eigenvalue weighted by molar-refractivity contribution is -0.127. The molecule has 6 rings (SSSR count). The number of aromatic nitrogens is 4. The number of halogens is 1. The van der Waals surface area contributed by atoms with Crippen molar-refractivity contribution >= 4 is 34.5 Å². The predicted octanol–water partition coefficient (Wildman–Crippen LogP) is 3.82. The number of benzene rings is 1. The number of amides is 1. The van der Waals surface area contributed by atoms with Crippen molar-refractivity contribution in [2.75, 3.05) is 37.7 Å². The molecule has 0 N–H and O–H groups in total. The van der Waals surface area contributed by atoms with E-state index in [2.05, 4.69) is 9.47 Å². The summed E-state index contributed by atoms with van der Waals surface area (Å²) in [6.07, 6.45) is 4.54. The Kier molecular flexibility index (Phi) is 5.50. The molecule has 3 aliphatic rings. The van der Waals surface area contributed by atoms with Crippen LogP contribution in [0.5, 0.6) is 0 Å². The van der Waals surface area contributed by atoms with Crippen molar-refractivity contribution in [1.82, 2.24) is 24.4 Å². The van der Waals surface area contributed by atoms with Gasteiger partial charge in [0.2, 0.25) is 5.91 Å².